The van der Waals surface area contributed by atoms with E-state index in [4.69, 9.17) is 0 Å². The Balaban J connectivity index is 2.22. The Bertz CT molecular complexity index is 914. The van der Waals surface area contributed by atoms with Crippen molar-refractivity contribution in [1.29, 1.82) is 0 Å². The largest absolute Gasteiger partial charge is 0.392 e. The monoisotopic (exact) mass is 306 g/mol. The highest BCUT2D eigenvalue weighted by molar-refractivity contribution is 5.97. The van der Waals surface area contributed by atoms with Gasteiger partial charge in [0, 0.05) is 0 Å². The van der Waals surface area contributed by atoms with Gasteiger partial charge in [-0.15, -0.1) is 0 Å². The van der Waals surface area contributed by atoms with Crippen LogP contribution in [0.15, 0.2) is 48.5 Å². The maximum Gasteiger partial charge on any atom is 0.110 e. The number of hydrogen-bond donors (Lipinski definition) is 3. The first-order valence-electron chi connectivity index (χ1n) is 7.75. The van der Waals surface area contributed by atoms with Crippen LogP contribution in [0, 0.1) is 6.92 Å². The zero-order valence-electron chi connectivity index (χ0n) is 12.8. The highest BCUT2D eigenvalue weighted by Crippen LogP contribution is 2.49. The summed E-state index contributed by atoms with van der Waals surface area (Å²) in [5.74, 6) is 0. The molecular weight excluding hydrogens is 288 g/mol. The third kappa shape index (κ3) is 1.88. The van der Waals surface area contributed by atoms with E-state index in [-0.39, 0.29) is 6.61 Å². The second-order valence-electron chi connectivity index (χ2n) is 6.07. The first kappa shape index (κ1) is 14.4. The maximum absolute atomic E-state index is 10.7. The molecule has 3 aromatic carbocycles. The average molecular weight is 306 g/mol. The van der Waals surface area contributed by atoms with E-state index in [9.17, 15) is 15.3 Å². The molecule has 0 spiro atoms. The molecule has 3 heteroatoms. The standard InChI is InChI=1S/C20H18O3/c1-11-12-6-2-3-7-13(12)16(10-21)18-14-8-4-5-9-15(14)19(22)20(23)17(11)18/h2-9,19-23H,10H2,1H3/t19-,20-/m0/s1. The zero-order chi connectivity index (χ0) is 16.1. The topological polar surface area (TPSA) is 60.7 Å². The van der Waals surface area contributed by atoms with Crippen LogP contribution in [0.3, 0.4) is 0 Å². The van der Waals surface area contributed by atoms with Crippen molar-refractivity contribution in [3.8, 4) is 11.1 Å². The average Bonchev–Trinajstić information content (AvgIpc) is 2.59. The van der Waals surface area contributed by atoms with E-state index in [2.05, 4.69) is 0 Å². The van der Waals surface area contributed by atoms with Gasteiger partial charge < -0.3 is 15.3 Å². The van der Waals surface area contributed by atoms with Crippen LogP contribution >= 0.6 is 0 Å². The molecule has 0 saturated carbocycles. The quantitative estimate of drug-likeness (QED) is 0.646. The summed E-state index contributed by atoms with van der Waals surface area (Å²) < 4.78 is 0. The van der Waals surface area contributed by atoms with Gasteiger partial charge in [0.25, 0.3) is 0 Å². The summed E-state index contributed by atoms with van der Waals surface area (Å²) in [7, 11) is 0. The Morgan fingerprint density at radius 3 is 2.26 bits per heavy atom. The van der Waals surface area contributed by atoms with Gasteiger partial charge >= 0.3 is 0 Å². The summed E-state index contributed by atoms with van der Waals surface area (Å²) in [5, 5.41) is 33.2. The first-order chi connectivity index (χ1) is 11.1. The van der Waals surface area contributed by atoms with Crippen molar-refractivity contribution in [1.82, 2.24) is 0 Å². The molecule has 0 amide bonds. The molecule has 1 aliphatic rings. The Morgan fingerprint density at radius 1 is 0.870 bits per heavy atom. The highest BCUT2D eigenvalue weighted by atomic mass is 16.3. The first-order valence-corrected chi connectivity index (χ1v) is 7.75. The lowest BCUT2D eigenvalue weighted by atomic mass is 9.76. The van der Waals surface area contributed by atoms with Gasteiger partial charge in [-0.1, -0.05) is 48.5 Å². The minimum Gasteiger partial charge on any atom is -0.392 e. The lowest BCUT2D eigenvalue weighted by Gasteiger charge is -2.33. The fraction of sp³-hybridized carbons (Fsp3) is 0.200. The smallest absolute Gasteiger partial charge is 0.110 e. The van der Waals surface area contributed by atoms with Crippen LogP contribution in [0.4, 0.5) is 0 Å². The molecule has 0 bridgehead atoms. The Kier molecular flexibility index (Phi) is 3.23. The van der Waals surface area contributed by atoms with Gasteiger partial charge in [0.15, 0.2) is 0 Å². The van der Waals surface area contributed by atoms with E-state index in [1.54, 1.807) is 0 Å². The molecule has 3 aromatic rings. The Labute approximate surface area is 134 Å². The van der Waals surface area contributed by atoms with Crippen molar-refractivity contribution in [3.05, 3.63) is 70.8 Å². The molecule has 0 unspecified atom stereocenters. The normalized spacial score (nSPS) is 19.5. The molecule has 116 valence electrons. The second-order valence-corrected chi connectivity index (χ2v) is 6.07. The van der Waals surface area contributed by atoms with Crippen LogP contribution in [0.25, 0.3) is 21.9 Å². The predicted octanol–water partition coefficient (Wildman–Crippen LogP) is 3.39. The molecule has 3 N–H and O–H groups in total. The van der Waals surface area contributed by atoms with Gasteiger partial charge in [-0.05, 0) is 51.1 Å². The van der Waals surface area contributed by atoms with E-state index < -0.39 is 12.2 Å². The van der Waals surface area contributed by atoms with Crippen LogP contribution < -0.4 is 0 Å². The SMILES string of the molecule is Cc1c2c(c(CO)c3ccccc13)-c1ccccc1[C@H](O)[C@H]2O. The molecule has 4 rings (SSSR count). The van der Waals surface area contributed by atoms with Gasteiger partial charge in [0.2, 0.25) is 0 Å². The van der Waals surface area contributed by atoms with E-state index in [1.165, 1.54) is 0 Å². The van der Waals surface area contributed by atoms with Crippen molar-refractivity contribution >= 4 is 10.8 Å². The van der Waals surface area contributed by atoms with Crippen LogP contribution in [-0.2, 0) is 6.61 Å². The molecule has 0 aromatic heterocycles. The van der Waals surface area contributed by atoms with Gasteiger partial charge in [0.05, 0.1) is 6.61 Å². The van der Waals surface area contributed by atoms with Crippen molar-refractivity contribution in [2.45, 2.75) is 25.7 Å². The molecule has 2 atom stereocenters. The number of rotatable bonds is 1. The molecule has 0 saturated heterocycles. The van der Waals surface area contributed by atoms with Crippen LogP contribution in [-0.4, -0.2) is 15.3 Å². The second kappa shape index (κ2) is 5.17. The molecular formula is C20H18O3. The molecule has 0 radical (unpaired) electrons. The summed E-state index contributed by atoms with van der Waals surface area (Å²) in [6.45, 7) is 1.85. The Morgan fingerprint density at radius 2 is 1.52 bits per heavy atom. The van der Waals surface area contributed by atoms with Crippen LogP contribution in [0.2, 0.25) is 0 Å². The van der Waals surface area contributed by atoms with Crippen molar-refractivity contribution in [2.24, 2.45) is 0 Å². The highest BCUT2D eigenvalue weighted by Gasteiger charge is 2.34. The predicted molar refractivity (Wildman–Crippen MR) is 90.0 cm³/mol. The summed E-state index contributed by atoms with van der Waals surface area (Å²) in [6.07, 6.45) is -1.94. The molecule has 0 aliphatic heterocycles. The summed E-state index contributed by atoms with van der Waals surface area (Å²) in [6, 6.07) is 15.4. The number of hydrogen-bond acceptors (Lipinski definition) is 3. The Hall–Kier alpha value is -2.20. The van der Waals surface area contributed by atoms with Gasteiger partial charge in [-0.2, -0.15) is 0 Å². The number of benzene rings is 3. The lowest BCUT2D eigenvalue weighted by molar-refractivity contribution is 0.0154. The summed E-state index contributed by atoms with van der Waals surface area (Å²) >= 11 is 0. The molecule has 23 heavy (non-hydrogen) atoms. The third-order valence-electron chi connectivity index (χ3n) is 4.93. The van der Waals surface area contributed by atoms with E-state index in [1.807, 2.05) is 55.5 Å². The zero-order valence-corrected chi connectivity index (χ0v) is 12.8. The molecule has 1 aliphatic carbocycles. The van der Waals surface area contributed by atoms with Gasteiger partial charge in [0.1, 0.15) is 12.2 Å². The minimum atomic E-state index is -0.991. The van der Waals surface area contributed by atoms with Crippen molar-refractivity contribution in [3.63, 3.8) is 0 Å². The number of aliphatic hydroxyl groups excluding tert-OH is 3. The number of fused-ring (bicyclic) bond motifs is 4. The molecule has 0 heterocycles. The van der Waals surface area contributed by atoms with E-state index in [0.29, 0.717) is 5.56 Å². The van der Waals surface area contributed by atoms with Crippen LogP contribution in [0.1, 0.15) is 34.5 Å². The lowest BCUT2D eigenvalue weighted by Crippen LogP contribution is -2.20. The minimum absolute atomic E-state index is 0.111. The van der Waals surface area contributed by atoms with E-state index >= 15 is 0 Å². The molecule has 0 fully saturated rings. The fourth-order valence-electron chi connectivity index (χ4n) is 3.86. The maximum atomic E-state index is 10.7. The van der Waals surface area contributed by atoms with E-state index in [0.717, 1.165) is 38.6 Å². The summed E-state index contributed by atoms with van der Waals surface area (Å²) in [5.41, 5.74) is 4.93. The van der Waals surface area contributed by atoms with Crippen LogP contribution in [0.5, 0.6) is 0 Å². The number of aryl methyl sites for hydroxylation is 1. The van der Waals surface area contributed by atoms with Crippen molar-refractivity contribution in [2.75, 3.05) is 0 Å². The fourth-order valence-corrected chi connectivity index (χ4v) is 3.86. The third-order valence-corrected chi connectivity index (χ3v) is 4.93. The molecule has 3 nitrogen and oxygen atoms in total. The van der Waals surface area contributed by atoms with Crippen molar-refractivity contribution < 1.29 is 15.3 Å². The number of aliphatic hydroxyl groups is 3. The van der Waals surface area contributed by atoms with Gasteiger partial charge in [-0.25, -0.2) is 0 Å². The van der Waals surface area contributed by atoms with Gasteiger partial charge in [-0.3, -0.25) is 0 Å². The summed E-state index contributed by atoms with van der Waals surface area (Å²) in [4.78, 5) is 0.